The van der Waals surface area contributed by atoms with Gasteiger partial charge >= 0.3 is 5.97 Å². The van der Waals surface area contributed by atoms with Crippen molar-refractivity contribution >= 4 is 11.8 Å². The van der Waals surface area contributed by atoms with Crippen LogP contribution in [0.5, 0.6) is 11.5 Å². The number of benzene rings is 2. The van der Waals surface area contributed by atoms with E-state index in [4.69, 9.17) is 9.47 Å². The largest absolute Gasteiger partial charge is 0.508 e. The molecular formula is C26H30O5. The number of phenolic OH excluding ortho intramolecular Hbond substituents is 1. The molecule has 1 N–H and O–H groups in total. The maximum Gasteiger partial charge on any atom is 0.315 e. The first-order valence-corrected chi connectivity index (χ1v) is 11.2. The first-order valence-electron chi connectivity index (χ1n) is 11.2. The third-order valence-electron chi connectivity index (χ3n) is 6.66. The molecule has 0 bridgehead atoms. The molecule has 0 atom stereocenters. The fraction of sp³-hybridized carbons (Fsp3) is 0.462. The zero-order chi connectivity index (χ0) is 22.2. The van der Waals surface area contributed by atoms with E-state index in [1.807, 2.05) is 38.1 Å². The summed E-state index contributed by atoms with van der Waals surface area (Å²) in [5.41, 5.74) is 3.52. The summed E-state index contributed by atoms with van der Waals surface area (Å²) in [5.74, 6) is 0.607. The second-order valence-electron chi connectivity index (χ2n) is 8.90. The molecule has 4 rings (SSSR count). The minimum atomic E-state index is -0.572. The lowest BCUT2D eigenvalue weighted by Gasteiger charge is -2.27. The lowest BCUT2D eigenvalue weighted by atomic mass is 9.94. The maximum absolute atomic E-state index is 12.7. The first kappa shape index (κ1) is 21.4. The number of aryl methyl sites for hydroxylation is 1. The highest BCUT2D eigenvalue weighted by Crippen LogP contribution is 2.49. The van der Waals surface area contributed by atoms with Gasteiger partial charge in [0.2, 0.25) is 0 Å². The molecule has 0 saturated heterocycles. The van der Waals surface area contributed by atoms with Crippen LogP contribution >= 0.6 is 0 Å². The molecule has 0 aromatic heterocycles. The number of hydrogen-bond donors (Lipinski definition) is 1. The molecule has 2 aliphatic rings. The van der Waals surface area contributed by atoms with Gasteiger partial charge in [-0.05, 0) is 75.6 Å². The lowest BCUT2D eigenvalue weighted by Crippen LogP contribution is -2.32. The lowest BCUT2D eigenvalue weighted by molar-refractivity contribution is -0.161. The van der Waals surface area contributed by atoms with Crippen molar-refractivity contribution in [1.82, 2.24) is 0 Å². The standard InChI is InChI=1S/C26H30O5/c1-4-18-14-19(8-9-21(18)17(3)27)22-10-11-23(28)16(2)24(22)30-15-26(12-13-26)25(29)31-20-6-5-7-20/h8-11,14,20,28H,4-7,12-13,15H2,1-3H3. The molecular weight excluding hydrogens is 392 g/mol. The zero-order valence-electron chi connectivity index (χ0n) is 18.5. The average Bonchev–Trinajstić information content (AvgIpc) is 3.52. The van der Waals surface area contributed by atoms with E-state index in [1.54, 1.807) is 13.0 Å². The zero-order valence-corrected chi connectivity index (χ0v) is 18.5. The van der Waals surface area contributed by atoms with E-state index in [0.717, 1.165) is 60.8 Å². The molecule has 0 radical (unpaired) electrons. The molecule has 0 spiro atoms. The average molecular weight is 423 g/mol. The van der Waals surface area contributed by atoms with Crippen molar-refractivity contribution in [3.8, 4) is 22.6 Å². The van der Waals surface area contributed by atoms with Crippen LogP contribution in [-0.4, -0.2) is 29.6 Å². The molecule has 2 aromatic rings. The fourth-order valence-corrected chi connectivity index (χ4v) is 4.03. The number of aromatic hydroxyl groups is 1. The quantitative estimate of drug-likeness (QED) is 0.456. The van der Waals surface area contributed by atoms with E-state index in [0.29, 0.717) is 11.3 Å². The van der Waals surface area contributed by atoms with E-state index in [9.17, 15) is 14.7 Å². The van der Waals surface area contributed by atoms with Gasteiger partial charge in [0.1, 0.15) is 29.6 Å². The number of hydrogen-bond acceptors (Lipinski definition) is 5. The second-order valence-corrected chi connectivity index (χ2v) is 8.90. The number of Topliss-reactive ketones (excluding diaryl/α,β-unsaturated/α-hetero) is 1. The number of esters is 1. The van der Waals surface area contributed by atoms with Gasteiger partial charge in [-0.2, -0.15) is 0 Å². The Hall–Kier alpha value is -2.82. The van der Waals surface area contributed by atoms with Crippen LogP contribution in [0.4, 0.5) is 0 Å². The van der Waals surface area contributed by atoms with Crippen LogP contribution in [0.1, 0.15) is 67.4 Å². The van der Waals surface area contributed by atoms with Gasteiger partial charge in [-0.15, -0.1) is 0 Å². The molecule has 0 heterocycles. The molecule has 31 heavy (non-hydrogen) atoms. The number of phenols is 1. The summed E-state index contributed by atoms with van der Waals surface area (Å²) in [4.78, 5) is 24.6. The molecule has 0 aliphatic heterocycles. The van der Waals surface area contributed by atoms with Gasteiger partial charge < -0.3 is 14.6 Å². The van der Waals surface area contributed by atoms with Crippen LogP contribution in [0.15, 0.2) is 30.3 Å². The summed E-state index contributed by atoms with van der Waals surface area (Å²) in [5, 5.41) is 10.3. The second kappa shape index (κ2) is 8.37. The summed E-state index contributed by atoms with van der Waals surface area (Å²) in [7, 11) is 0. The van der Waals surface area contributed by atoms with Crippen LogP contribution in [0.2, 0.25) is 0 Å². The van der Waals surface area contributed by atoms with Crippen molar-refractivity contribution in [2.45, 2.75) is 65.4 Å². The highest BCUT2D eigenvalue weighted by atomic mass is 16.6. The van der Waals surface area contributed by atoms with Crippen molar-refractivity contribution < 1.29 is 24.2 Å². The van der Waals surface area contributed by atoms with E-state index in [2.05, 4.69) is 0 Å². The predicted molar refractivity (Wildman–Crippen MR) is 119 cm³/mol. The number of ether oxygens (including phenoxy) is 2. The first-order chi connectivity index (χ1) is 14.8. The van der Waals surface area contributed by atoms with Crippen molar-refractivity contribution in [2.75, 3.05) is 6.61 Å². The molecule has 2 fully saturated rings. The Morgan fingerprint density at radius 2 is 1.90 bits per heavy atom. The molecule has 2 aliphatic carbocycles. The summed E-state index contributed by atoms with van der Waals surface area (Å²) < 4.78 is 11.8. The topological polar surface area (TPSA) is 72.8 Å². The molecule has 2 aromatic carbocycles. The van der Waals surface area contributed by atoms with Crippen molar-refractivity contribution in [2.24, 2.45) is 5.41 Å². The Kier molecular flexibility index (Phi) is 5.78. The third-order valence-corrected chi connectivity index (χ3v) is 6.66. The summed E-state index contributed by atoms with van der Waals surface area (Å²) in [6, 6.07) is 9.24. The van der Waals surface area contributed by atoms with Gasteiger partial charge in [-0.3, -0.25) is 9.59 Å². The van der Waals surface area contributed by atoms with E-state index >= 15 is 0 Å². The Bertz CT molecular complexity index is 1010. The summed E-state index contributed by atoms with van der Waals surface area (Å²) in [6.45, 7) is 5.65. The minimum Gasteiger partial charge on any atom is -0.508 e. The Morgan fingerprint density at radius 1 is 1.16 bits per heavy atom. The van der Waals surface area contributed by atoms with Gasteiger partial charge in [0.15, 0.2) is 5.78 Å². The Labute approximate surface area is 183 Å². The Morgan fingerprint density at radius 3 is 2.48 bits per heavy atom. The molecule has 0 amide bonds. The number of ketones is 1. The van der Waals surface area contributed by atoms with E-state index in [1.165, 1.54) is 0 Å². The minimum absolute atomic E-state index is 0.0439. The van der Waals surface area contributed by atoms with Gasteiger partial charge in [-0.25, -0.2) is 0 Å². The molecule has 5 heteroatoms. The smallest absolute Gasteiger partial charge is 0.315 e. The Balaban J connectivity index is 1.61. The predicted octanol–water partition coefficient (Wildman–Crippen LogP) is 5.39. The van der Waals surface area contributed by atoms with Gasteiger partial charge in [0, 0.05) is 16.7 Å². The van der Waals surface area contributed by atoms with Gasteiger partial charge in [-0.1, -0.05) is 25.1 Å². The van der Waals surface area contributed by atoms with Crippen molar-refractivity contribution in [3.63, 3.8) is 0 Å². The highest BCUT2D eigenvalue weighted by molar-refractivity contribution is 5.96. The highest BCUT2D eigenvalue weighted by Gasteiger charge is 2.53. The van der Waals surface area contributed by atoms with Crippen molar-refractivity contribution in [3.05, 3.63) is 47.0 Å². The summed E-state index contributed by atoms with van der Waals surface area (Å²) >= 11 is 0. The molecule has 2 saturated carbocycles. The SMILES string of the molecule is CCc1cc(-c2ccc(O)c(C)c2OCC2(C(=O)OC3CCC3)CC2)ccc1C(C)=O. The number of carbonyl (C=O) groups excluding carboxylic acids is 2. The van der Waals surface area contributed by atoms with E-state index < -0.39 is 5.41 Å². The van der Waals surface area contributed by atoms with Gasteiger partial charge in [0.05, 0.1) is 0 Å². The van der Waals surface area contributed by atoms with Crippen LogP contribution < -0.4 is 4.74 Å². The number of rotatable bonds is 8. The van der Waals surface area contributed by atoms with Crippen molar-refractivity contribution in [1.29, 1.82) is 0 Å². The summed E-state index contributed by atoms with van der Waals surface area (Å²) in [6.07, 6.45) is 5.36. The third kappa shape index (κ3) is 4.18. The maximum atomic E-state index is 12.7. The van der Waals surface area contributed by atoms with Crippen LogP contribution in [0.25, 0.3) is 11.1 Å². The molecule has 5 nitrogen and oxygen atoms in total. The molecule has 164 valence electrons. The molecule has 0 unspecified atom stereocenters. The van der Waals surface area contributed by atoms with Crippen LogP contribution in [0.3, 0.4) is 0 Å². The normalized spacial score (nSPS) is 17.0. The van der Waals surface area contributed by atoms with Gasteiger partial charge in [0.25, 0.3) is 0 Å². The van der Waals surface area contributed by atoms with Crippen LogP contribution in [-0.2, 0) is 16.0 Å². The fourth-order valence-electron chi connectivity index (χ4n) is 4.03. The van der Waals surface area contributed by atoms with Crippen LogP contribution in [0, 0.1) is 12.3 Å². The number of carbonyl (C=O) groups is 2. The monoisotopic (exact) mass is 422 g/mol. The van der Waals surface area contributed by atoms with E-state index in [-0.39, 0.29) is 30.2 Å².